The molecule has 4 heterocycles. The first-order chi connectivity index (χ1) is 12.8. The number of nitrogens with one attached hydrogen (secondary N) is 1. The van der Waals surface area contributed by atoms with Crippen molar-refractivity contribution < 1.29 is 4.74 Å². The largest absolute Gasteiger partial charge is 0.491 e. The first kappa shape index (κ1) is 16.3. The van der Waals surface area contributed by atoms with Crippen LogP contribution >= 0.6 is 0 Å². The summed E-state index contributed by atoms with van der Waals surface area (Å²) in [6.45, 7) is 2.20. The molecule has 7 nitrogen and oxygen atoms in total. The molecule has 0 bridgehead atoms. The van der Waals surface area contributed by atoms with E-state index in [0.717, 1.165) is 18.8 Å². The number of hydrogen-bond acceptors (Lipinski definition) is 7. The van der Waals surface area contributed by atoms with Crippen LogP contribution in [0.15, 0.2) is 48.9 Å². The molecule has 7 heteroatoms. The normalized spacial score (nSPS) is 13.7. The van der Waals surface area contributed by atoms with Crippen molar-refractivity contribution in [2.45, 2.75) is 12.8 Å². The summed E-state index contributed by atoms with van der Waals surface area (Å²) in [4.78, 5) is 20.0. The van der Waals surface area contributed by atoms with Crippen molar-refractivity contribution in [3.05, 3.63) is 48.9 Å². The molecule has 0 unspecified atom stereocenters. The smallest absolute Gasteiger partial charge is 0.180 e. The Morgan fingerprint density at radius 2 is 1.88 bits per heavy atom. The first-order valence-corrected chi connectivity index (χ1v) is 8.64. The lowest BCUT2D eigenvalue weighted by molar-refractivity contribution is 0.413. The predicted molar refractivity (Wildman–Crippen MR) is 101 cm³/mol. The van der Waals surface area contributed by atoms with E-state index in [1.807, 2.05) is 30.5 Å². The molecule has 132 valence electrons. The second-order valence-electron chi connectivity index (χ2n) is 6.05. The van der Waals surface area contributed by atoms with Gasteiger partial charge in [-0.1, -0.05) is 6.07 Å². The number of rotatable bonds is 5. The molecule has 1 aliphatic rings. The van der Waals surface area contributed by atoms with E-state index in [1.54, 1.807) is 19.5 Å². The summed E-state index contributed by atoms with van der Waals surface area (Å²) >= 11 is 0. The molecular weight excluding hydrogens is 328 g/mol. The lowest BCUT2D eigenvalue weighted by Crippen LogP contribution is -2.17. The molecule has 0 amide bonds. The molecule has 1 aliphatic heterocycles. The third-order valence-corrected chi connectivity index (χ3v) is 4.33. The third kappa shape index (κ3) is 3.42. The van der Waals surface area contributed by atoms with Gasteiger partial charge in [0.15, 0.2) is 17.4 Å². The molecular formula is C19H20N6O. The molecule has 0 aromatic carbocycles. The Kier molecular flexibility index (Phi) is 4.59. The summed E-state index contributed by atoms with van der Waals surface area (Å²) in [5.41, 5.74) is 1.85. The van der Waals surface area contributed by atoms with Crippen molar-refractivity contribution >= 4 is 17.3 Å². The van der Waals surface area contributed by atoms with Crippen LogP contribution in [0.25, 0.3) is 11.5 Å². The summed E-state index contributed by atoms with van der Waals surface area (Å²) in [6.07, 6.45) is 7.73. The predicted octanol–water partition coefficient (Wildman–Crippen LogP) is 3.29. The van der Waals surface area contributed by atoms with Crippen molar-refractivity contribution in [3.8, 4) is 17.3 Å². The highest BCUT2D eigenvalue weighted by molar-refractivity contribution is 5.63. The summed E-state index contributed by atoms with van der Waals surface area (Å²) in [6, 6.07) is 9.66. The van der Waals surface area contributed by atoms with Gasteiger partial charge < -0.3 is 15.0 Å². The number of aromatic nitrogens is 4. The second-order valence-corrected chi connectivity index (χ2v) is 6.05. The SMILES string of the molecule is COc1cnc(-c2ccccn2)nc1Nc1ccc(N2CCCC2)cn1. The van der Waals surface area contributed by atoms with E-state index in [9.17, 15) is 0 Å². The van der Waals surface area contributed by atoms with E-state index in [1.165, 1.54) is 12.8 Å². The lowest BCUT2D eigenvalue weighted by Gasteiger charge is -2.17. The Morgan fingerprint density at radius 1 is 1.00 bits per heavy atom. The van der Waals surface area contributed by atoms with Crippen LogP contribution in [0, 0.1) is 0 Å². The van der Waals surface area contributed by atoms with E-state index >= 15 is 0 Å². The average molecular weight is 348 g/mol. The Bertz CT molecular complexity index is 863. The van der Waals surface area contributed by atoms with Gasteiger partial charge in [0.2, 0.25) is 0 Å². The molecule has 4 rings (SSSR count). The maximum absolute atomic E-state index is 5.37. The molecule has 1 fully saturated rings. The minimum absolute atomic E-state index is 0.530. The van der Waals surface area contributed by atoms with Crippen molar-refractivity contribution in [1.29, 1.82) is 0 Å². The zero-order valence-corrected chi connectivity index (χ0v) is 14.6. The summed E-state index contributed by atoms with van der Waals surface area (Å²) in [7, 11) is 1.59. The number of methoxy groups -OCH3 is 1. The number of ether oxygens (including phenoxy) is 1. The standard InChI is InChI=1S/C19H20N6O/c1-26-16-13-22-18(15-6-2-3-9-20-15)24-19(16)23-17-8-7-14(12-21-17)25-10-4-5-11-25/h2-3,6-9,12-13H,4-5,10-11H2,1H3,(H,21,22,23,24). The summed E-state index contributed by atoms with van der Waals surface area (Å²) in [5, 5.41) is 3.22. The molecule has 26 heavy (non-hydrogen) atoms. The number of pyridine rings is 2. The number of anilines is 3. The van der Waals surface area contributed by atoms with Gasteiger partial charge in [-0.2, -0.15) is 0 Å². The van der Waals surface area contributed by atoms with Gasteiger partial charge in [0, 0.05) is 19.3 Å². The van der Waals surface area contributed by atoms with Crippen LogP contribution in [-0.2, 0) is 0 Å². The molecule has 3 aromatic heterocycles. The minimum Gasteiger partial charge on any atom is -0.491 e. The average Bonchev–Trinajstić information content (AvgIpc) is 3.24. The Balaban J connectivity index is 1.58. The molecule has 3 aromatic rings. The zero-order chi connectivity index (χ0) is 17.8. The first-order valence-electron chi connectivity index (χ1n) is 8.64. The van der Waals surface area contributed by atoms with Crippen LogP contribution < -0.4 is 15.0 Å². The fourth-order valence-corrected chi connectivity index (χ4v) is 2.97. The Morgan fingerprint density at radius 3 is 2.58 bits per heavy atom. The van der Waals surface area contributed by atoms with Crippen molar-refractivity contribution in [3.63, 3.8) is 0 Å². The summed E-state index contributed by atoms with van der Waals surface area (Å²) < 4.78 is 5.37. The van der Waals surface area contributed by atoms with Gasteiger partial charge in [0.1, 0.15) is 11.5 Å². The van der Waals surface area contributed by atoms with Gasteiger partial charge in [-0.15, -0.1) is 0 Å². The maximum Gasteiger partial charge on any atom is 0.180 e. The van der Waals surface area contributed by atoms with Gasteiger partial charge in [0.25, 0.3) is 0 Å². The van der Waals surface area contributed by atoms with E-state index in [-0.39, 0.29) is 0 Å². The highest BCUT2D eigenvalue weighted by atomic mass is 16.5. The molecule has 0 aliphatic carbocycles. The Hall–Kier alpha value is -3.22. The zero-order valence-electron chi connectivity index (χ0n) is 14.6. The minimum atomic E-state index is 0.530. The molecule has 0 atom stereocenters. The maximum atomic E-state index is 5.37. The summed E-state index contributed by atoms with van der Waals surface area (Å²) in [5.74, 6) is 2.35. The molecule has 0 saturated carbocycles. The van der Waals surface area contributed by atoms with Gasteiger partial charge in [0.05, 0.1) is 25.2 Å². The van der Waals surface area contributed by atoms with Crippen LogP contribution in [0.4, 0.5) is 17.3 Å². The van der Waals surface area contributed by atoms with Crippen LogP contribution in [0.1, 0.15) is 12.8 Å². The van der Waals surface area contributed by atoms with Crippen LogP contribution in [0.5, 0.6) is 5.75 Å². The Labute approximate surface area is 152 Å². The fraction of sp³-hybridized carbons (Fsp3) is 0.263. The van der Waals surface area contributed by atoms with Gasteiger partial charge in [-0.05, 0) is 37.1 Å². The third-order valence-electron chi connectivity index (χ3n) is 4.33. The monoisotopic (exact) mass is 348 g/mol. The highest BCUT2D eigenvalue weighted by Gasteiger charge is 2.14. The highest BCUT2D eigenvalue weighted by Crippen LogP contribution is 2.27. The van der Waals surface area contributed by atoms with Gasteiger partial charge in [-0.25, -0.2) is 15.0 Å². The fourth-order valence-electron chi connectivity index (χ4n) is 2.97. The van der Waals surface area contributed by atoms with E-state index < -0.39 is 0 Å². The van der Waals surface area contributed by atoms with Crippen molar-refractivity contribution in [2.24, 2.45) is 0 Å². The van der Waals surface area contributed by atoms with Crippen LogP contribution in [0.2, 0.25) is 0 Å². The van der Waals surface area contributed by atoms with Crippen LogP contribution in [-0.4, -0.2) is 40.1 Å². The topological polar surface area (TPSA) is 76.1 Å². The second kappa shape index (κ2) is 7.35. The van der Waals surface area contributed by atoms with Crippen molar-refractivity contribution in [2.75, 3.05) is 30.4 Å². The van der Waals surface area contributed by atoms with Crippen molar-refractivity contribution in [1.82, 2.24) is 19.9 Å². The molecule has 0 spiro atoms. The van der Waals surface area contributed by atoms with Crippen LogP contribution in [0.3, 0.4) is 0 Å². The van der Waals surface area contributed by atoms with Gasteiger partial charge >= 0.3 is 0 Å². The molecule has 0 radical (unpaired) electrons. The van der Waals surface area contributed by atoms with E-state index in [2.05, 4.69) is 36.2 Å². The van der Waals surface area contributed by atoms with E-state index in [0.29, 0.717) is 28.9 Å². The lowest BCUT2D eigenvalue weighted by atomic mass is 10.3. The van der Waals surface area contributed by atoms with Gasteiger partial charge in [-0.3, -0.25) is 4.98 Å². The molecule has 1 saturated heterocycles. The van der Waals surface area contributed by atoms with E-state index in [4.69, 9.17) is 4.74 Å². The number of nitrogens with zero attached hydrogens (tertiary/aromatic N) is 5. The number of hydrogen-bond donors (Lipinski definition) is 1. The molecule has 1 N–H and O–H groups in total. The quantitative estimate of drug-likeness (QED) is 0.758.